The highest BCUT2D eigenvalue weighted by atomic mass is 35.5. The lowest BCUT2D eigenvalue weighted by Gasteiger charge is -2.27. The molecule has 0 saturated carbocycles. The van der Waals surface area contributed by atoms with Crippen LogP contribution in [0.3, 0.4) is 0 Å². The largest absolute Gasteiger partial charge is 0.497 e. The van der Waals surface area contributed by atoms with Crippen molar-refractivity contribution in [2.24, 2.45) is 5.84 Å². The molecule has 198 valence electrons. The summed E-state index contributed by atoms with van der Waals surface area (Å²) in [5.41, 5.74) is 7.87. The molecular formula is C28H29Cl2N5O3. The van der Waals surface area contributed by atoms with E-state index in [4.69, 9.17) is 43.5 Å². The van der Waals surface area contributed by atoms with Crippen molar-refractivity contribution in [2.45, 2.75) is 0 Å². The topological polar surface area (TPSA) is 102 Å². The van der Waals surface area contributed by atoms with E-state index >= 15 is 0 Å². The molecule has 0 aliphatic heterocycles. The zero-order valence-electron chi connectivity index (χ0n) is 21.1. The summed E-state index contributed by atoms with van der Waals surface area (Å²) < 4.78 is 10.9. The Hall–Kier alpha value is -3.72. The van der Waals surface area contributed by atoms with Gasteiger partial charge in [0, 0.05) is 52.7 Å². The van der Waals surface area contributed by atoms with E-state index in [1.165, 1.54) is 0 Å². The number of ether oxygens (including phenoxy) is 2. The number of alkyl halides is 2. The van der Waals surface area contributed by atoms with Gasteiger partial charge in [-0.1, -0.05) is 0 Å². The molecule has 1 aromatic heterocycles. The van der Waals surface area contributed by atoms with Crippen molar-refractivity contribution in [3.05, 3.63) is 66.7 Å². The van der Waals surface area contributed by atoms with E-state index in [9.17, 15) is 4.79 Å². The van der Waals surface area contributed by atoms with Crippen LogP contribution in [0.5, 0.6) is 11.5 Å². The Morgan fingerprint density at radius 2 is 1.58 bits per heavy atom. The summed E-state index contributed by atoms with van der Waals surface area (Å²) in [6.07, 6.45) is 0. The molecule has 38 heavy (non-hydrogen) atoms. The molecule has 0 unspecified atom stereocenters. The standard InChI is InChI=1S/C28H29Cl2N5O3/c1-37-20-6-3-18(4-7-20)26-17-22(23-16-21(38-2)8-9-25(23)33-26)24-15-19(32-28(36)34-31)5-10-27(24)35(13-11-29)14-12-30/h3-10,15-17H,11-14,31H2,1-2H3,(H2,32,34,36). The highest BCUT2D eigenvalue weighted by molar-refractivity contribution is 6.18. The fourth-order valence-electron chi connectivity index (χ4n) is 4.29. The van der Waals surface area contributed by atoms with Gasteiger partial charge in [-0.3, -0.25) is 5.43 Å². The Morgan fingerprint density at radius 3 is 2.21 bits per heavy atom. The third-order valence-corrected chi connectivity index (χ3v) is 6.46. The van der Waals surface area contributed by atoms with Gasteiger partial charge in [0.1, 0.15) is 11.5 Å². The number of nitrogens with one attached hydrogen (secondary N) is 2. The zero-order chi connectivity index (χ0) is 27.1. The maximum Gasteiger partial charge on any atom is 0.333 e. The van der Waals surface area contributed by atoms with Crippen molar-refractivity contribution in [3.8, 4) is 33.9 Å². The lowest BCUT2D eigenvalue weighted by molar-refractivity contribution is 0.252. The van der Waals surface area contributed by atoms with Gasteiger partial charge in [0.2, 0.25) is 0 Å². The Bertz CT molecular complexity index is 1410. The number of amides is 2. The van der Waals surface area contributed by atoms with Crippen molar-refractivity contribution >= 4 is 51.5 Å². The summed E-state index contributed by atoms with van der Waals surface area (Å²) in [6, 6.07) is 20.7. The zero-order valence-corrected chi connectivity index (χ0v) is 22.6. The van der Waals surface area contributed by atoms with E-state index in [-0.39, 0.29) is 0 Å². The molecule has 0 saturated heterocycles. The number of benzene rings is 3. The average molecular weight is 554 g/mol. The summed E-state index contributed by atoms with van der Waals surface area (Å²) in [7, 11) is 3.26. The Kier molecular flexibility index (Phi) is 9.12. The number of carbonyl (C=O) groups is 1. The number of halogens is 2. The van der Waals surface area contributed by atoms with Crippen molar-refractivity contribution in [2.75, 3.05) is 49.3 Å². The SMILES string of the molecule is COc1ccc(-c2cc(-c3cc(NC(=O)NN)ccc3N(CCCl)CCCl)c3cc(OC)ccc3n2)cc1. The second kappa shape index (κ2) is 12.7. The average Bonchev–Trinajstić information content (AvgIpc) is 2.96. The maximum atomic E-state index is 12.0. The number of aromatic nitrogens is 1. The van der Waals surface area contributed by atoms with Crippen LogP contribution in [0.25, 0.3) is 33.3 Å². The quantitative estimate of drug-likeness (QED) is 0.0982. The fraction of sp³-hybridized carbons (Fsp3) is 0.214. The summed E-state index contributed by atoms with van der Waals surface area (Å²) in [4.78, 5) is 19.1. The Balaban J connectivity index is 2.00. The summed E-state index contributed by atoms with van der Waals surface area (Å²) >= 11 is 12.3. The number of urea groups is 1. The number of nitrogens with zero attached hydrogens (tertiary/aromatic N) is 2. The molecule has 4 N–H and O–H groups in total. The van der Waals surface area contributed by atoms with Gasteiger partial charge in [-0.15, -0.1) is 23.2 Å². The number of hydrogen-bond donors (Lipinski definition) is 3. The van der Waals surface area contributed by atoms with Crippen LogP contribution in [0, 0.1) is 0 Å². The molecule has 2 amide bonds. The Morgan fingerprint density at radius 1 is 0.895 bits per heavy atom. The van der Waals surface area contributed by atoms with Gasteiger partial charge in [0.15, 0.2) is 0 Å². The van der Waals surface area contributed by atoms with Gasteiger partial charge in [0.25, 0.3) is 0 Å². The lowest BCUT2D eigenvalue weighted by Crippen LogP contribution is -2.34. The van der Waals surface area contributed by atoms with Crippen LogP contribution in [0.2, 0.25) is 0 Å². The second-order valence-electron chi connectivity index (χ2n) is 8.36. The molecule has 0 fully saturated rings. The van der Waals surface area contributed by atoms with Crippen molar-refractivity contribution < 1.29 is 14.3 Å². The molecule has 1 heterocycles. The predicted molar refractivity (Wildman–Crippen MR) is 156 cm³/mol. The monoisotopic (exact) mass is 553 g/mol. The first-order chi connectivity index (χ1) is 18.5. The summed E-state index contributed by atoms with van der Waals surface area (Å²) in [5, 5.41) is 3.65. The highest BCUT2D eigenvalue weighted by Crippen LogP contribution is 2.40. The van der Waals surface area contributed by atoms with Crippen LogP contribution in [0.15, 0.2) is 66.7 Å². The lowest BCUT2D eigenvalue weighted by atomic mass is 9.95. The minimum Gasteiger partial charge on any atom is -0.497 e. The van der Waals surface area contributed by atoms with Crippen molar-refractivity contribution in [1.29, 1.82) is 0 Å². The molecule has 3 aromatic carbocycles. The van der Waals surface area contributed by atoms with Gasteiger partial charge in [-0.25, -0.2) is 15.6 Å². The summed E-state index contributed by atoms with van der Waals surface area (Å²) in [5.74, 6) is 7.62. The third-order valence-electron chi connectivity index (χ3n) is 6.13. The molecule has 4 rings (SSSR count). The number of rotatable bonds is 10. The third kappa shape index (κ3) is 6.05. The van der Waals surface area contributed by atoms with Crippen LogP contribution >= 0.6 is 23.2 Å². The number of anilines is 2. The molecule has 4 aromatic rings. The van der Waals surface area contributed by atoms with Gasteiger partial charge >= 0.3 is 6.03 Å². The van der Waals surface area contributed by atoms with Gasteiger partial charge in [-0.05, 0) is 72.3 Å². The van der Waals surface area contributed by atoms with E-state index < -0.39 is 6.03 Å². The van der Waals surface area contributed by atoms with Gasteiger partial charge in [0.05, 0.1) is 25.4 Å². The molecule has 8 nitrogen and oxygen atoms in total. The first kappa shape index (κ1) is 27.3. The first-order valence-electron chi connectivity index (χ1n) is 11.9. The second-order valence-corrected chi connectivity index (χ2v) is 9.12. The van der Waals surface area contributed by atoms with Crippen LogP contribution in [0.1, 0.15) is 0 Å². The Labute approximate surface area is 231 Å². The number of pyridine rings is 1. The van der Waals surface area contributed by atoms with Crippen LogP contribution < -0.4 is 31.0 Å². The minimum absolute atomic E-state index is 0.425. The molecular weight excluding hydrogens is 525 g/mol. The van der Waals surface area contributed by atoms with Crippen LogP contribution in [-0.2, 0) is 0 Å². The number of carbonyl (C=O) groups excluding carboxylic acids is 1. The smallest absolute Gasteiger partial charge is 0.333 e. The molecule has 0 atom stereocenters. The number of hydrogen-bond acceptors (Lipinski definition) is 6. The van der Waals surface area contributed by atoms with Crippen molar-refractivity contribution in [3.63, 3.8) is 0 Å². The van der Waals surface area contributed by atoms with Crippen LogP contribution in [0.4, 0.5) is 16.2 Å². The van der Waals surface area contributed by atoms with E-state index in [1.807, 2.05) is 66.7 Å². The number of fused-ring (bicyclic) bond motifs is 1. The van der Waals surface area contributed by atoms with Gasteiger partial charge in [-0.2, -0.15) is 0 Å². The van der Waals surface area contributed by atoms with E-state index in [1.54, 1.807) is 14.2 Å². The number of methoxy groups -OCH3 is 2. The number of hydrazine groups is 1. The molecule has 0 radical (unpaired) electrons. The normalized spacial score (nSPS) is 10.8. The summed E-state index contributed by atoms with van der Waals surface area (Å²) in [6.45, 7) is 1.18. The minimum atomic E-state index is -0.526. The molecule has 10 heteroatoms. The predicted octanol–water partition coefficient (Wildman–Crippen LogP) is 5.87. The molecule has 0 aliphatic rings. The molecule has 0 spiro atoms. The highest BCUT2D eigenvalue weighted by Gasteiger charge is 2.18. The van der Waals surface area contributed by atoms with E-state index in [2.05, 4.69) is 15.6 Å². The van der Waals surface area contributed by atoms with E-state index in [0.29, 0.717) is 36.3 Å². The first-order valence-corrected chi connectivity index (χ1v) is 13.0. The van der Waals surface area contributed by atoms with Crippen molar-refractivity contribution in [1.82, 2.24) is 10.4 Å². The fourth-order valence-corrected chi connectivity index (χ4v) is 4.70. The molecule has 0 aliphatic carbocycles. The van der Waals surface area contributed by atoms with Crippen LogP contribution in [-0.4, -0.2) is 50.1 Å². The van der Waals surface area contributed by atoms with E-state index in [0.717, 1.165) is 44.7 Å². The molecule has 0 bridgehead atoms. The maximum absolute atomic E-state index is 12.0. The number of nitrogens with two attached hydrogens (primary N) is 1. The van der Waals surface area contributed by atoms with Gasteiger partial charge < -0.3 is 19.7 Å².